The summed E-state index contributed by atoms with van der Waals surface area (Å²) in [6.07, 6.45) is -4.40. The Balaban J connectivity index is 2.39. The van der Waals surface area contributed by atoms with E-state index in [1.807, 2.05) is 0 Å². The minimum absolute atomic E-state index is 0.139. The maximum absolute atomic E-state index is 14.5. The Morgan fingerprint density at radius 2 is 1.44 bits per heavy atom. The van der Waals surface area contributed by atoms with Crippen molar-refractivity contribution in [2.45, 2.75) is 31.4 Å². The first-order valence-electron chi connectivity index (χ1n) is 8.04. The summed E-state index contributed by atoms with van der Waals surface area (Å²) in [5.41, 5.74) is -1.04. The Hall–Kier alpha value is -1.95. The van der Waals surface area contributed by atoms with Crippen LogP contribution < -0.4 is 5.32 Å². The topological polar surface area (TPSA) is 12.0 Å². The zero-order valence-corrected chi connectivity index (χ0v) is 13.8. The average Bonchev–Trinajstić information content (AvgIpc) is 2.58. The molecule has 0 atom stereocenters. The van der Waals surface area contributed by atoms with Gasteiger partial charge in [0.2, 0.25) is 0 Å². The lowest BCUT2D eigenvalue weighted by molar-refractivity contribution is -0.137. The summed E-state index contributed by atoms with van der Waals surface area (Å²) in [5.74, 6) is -3.31. The van der Waals surface area contributed by atoms with Gasteiger partial charge in [-0.15, -0.1) is 0 Å². The Bertz CT molecular complexity index is 680. The number of halogens is 5. The second kappa shape index (κ2) is 7.95. The van der Waals surface area contributed by atoms with Crippen molar-refractivity contribution in [1.29, 1.82) is 0 Å². The van der Waals surface area contributed by atoms with Crippen LogP contribution in [0.2, 0.25) is 0 Å². The molecular weight excluding hydrogens is 337 g/mol. The fourth-order valence-electron chi connectivity index (χ4n) is 2.59. The van der Waals surface area contributed by atoms with Gasteiger partial charge < -0.3 is 5.32 Å². The van der Waals surface area contributed by atoms with E-state index in [1.165, 1.54) is 0 Å². The molecule has 1 N–H and O–H groups in total. The molecule has 0 aromatic heterocycles. The van der Waals surface area contributed by atoms with Crippen LogP contribution in [-0.2, 0) is 12.1 Å². The van der Waals surface area contributed by atoms with Crippen LogP contribution in [0.15, 0.2) is 48.5 Å². The third kappa shape index (κ3) is 5.26. The Kier molecular flexibility index (Phi) is 6.16. The predicted molar refractivity (Wildman–Crippen MR) is 88.6 cm³/mol. The molecular formula is C19H20F5N. The van der Waals surface area contributed by atoms with Gasteiger partial charge >= 0.3 is 6.18 Å². The SMILES string of the molecule is CNCCCCC(F)(F)c1cc(-c2ccccc2)cc(C(F)(F)F)c1. The summed E-state index contributed by atoms with van der Waals surface area (Å²) in [5, 5.41) is 2.86. The highest BCUT2D eigenvalue weighted by atomic mass is 19.4. The highest BCUT2D eigenvalue weighted by molar-refractivity contribution is 5.65. The number of nitrogens with one attached hydrogen (secondary N) is 1. The maximum Gasteiger partial charge on any atom is 0.416 e. The molecule has 1 nitrogen and oxygen atoms in total. The van der Waals surface area contributed by atoms with Crippen LogP contribution in [0, 0.1) is 0 Å². The summed E-state index contributed by atoms with van der Waals surface area (Å²) >= 11 is 0. The van der Waals surface area contributed by atoms with Crippen molar-refractivity contribution in [3.63, 3.8) is 0 Å². The van der Waals surface area contributed by atoms with Gasteiger partial charge in [0.15, 0.2) is 0 Å². The van der Waals surface area contributed by atoms with E-state index >= 15 is 0 Å². The molecule has 6 heteroatoms. The standard InChI is InChI=1S/C19H20F5N/c1-25-10-6-5-9-18(20,21)16-11-15(14-7-3-2-4-8-14)12-17(13-16)19(22,23)24/h2-4,7-8,11-13,25H,5-6,9-10H2,1H3. The molecule has 25 heavy (non-hydrogen) atoms. The molecule has 0 saturated heterocycles. The molecule has 0 amide bonds. The van der Waals surface area contributed by atoms with E-state index < -0.39 is 29.6 Å². The first-order chi connectivity index (χ1) is 11.7. The first-order valence-corrected chi connectivity index (χ1v) is 8.04. The smallest absolute Gasteiger partial charge is 0.320 e. The molecule has 0 aliphatic heterocycles. The van der Waals surface area contributed by atoms with E-state index in [9.17, 15) is 22.0 Å². The van der Waals surface area contributed by atoms with Crippen LogP contribution in [0.4, 0.5) is 22.0 Å². The molecule has 2 aromatic carbocycles. The lowest BCUT2D eigenvalue weighted by Crippen LogP contribution is -2.17. The van der Waals surface area contributed by atoms with E-state index in [4.69, 9.17) is 0 Å². The van der Waals surface area contributed by atoms with Gasteiger partial charge in [0.05, 0.1) is 5.56 Å². The molecule has 0 heterocycles. The maximum atomic E-state index is 14.5. The van der Waals surface area contributed by atoms with Gasteiger partial charge in [0.25, 0.3) is 5.92 Å². The molecule has 136 valence electrons. The fraction of sp³-hybridized carbons (Fsp3) is 0.368. The Labute approximate surface area is 143 Å². The predicted octanol–water partition coefficient (Wildman–Crippen LogP) is 5.85. The molecule has 0 spiro atoms. The molecule has 0 bridgehead atoms. The zero-order valence-electron chi connectivity index (χ0n) is 13.8. The van der Waals surface area contributed by atoms with Crippen molar-refractivity contribution in [3.8, 4) is 11.1 Å². The number of unbranched alkanes of at least 4 members (excludes halogenated alkanes) is 1. The number of hydrogen-bond acceptors (Lipinski definition) is 1. The van der Waals surface area contributed by atoms with Crippen molar-refractivity contribution in [1.82, 2.24) is 5.32 Å². The van der Waals surface area contributed by atoms with Crippen LogP contribution in [0.1, 0.15) is 30.4 Å². The highest BCUT2D eigenvalue weighted by Crippen LogP contribution is 2.40. The summed E-state index contributed by atoms with van der Waals surface area (Å²) in [6.45, 7) is 0.591. The summed E-state index contributed by atoms with van der Waals surface area (Å²) in [6, 6.07) is 10.9. The van der Waals surface area contributed by atoms with Gasteiger partial charge in [0, 0.05) is 12.0 Å². The van der Waals surface area contributed by atoms with Crippen molar-refractivity contribution in [2.24, 2.45) is 0 Å². The van der Waals surface area contributed by atoms with Gasteiger partial charge in [-0.25, -0.2) is 8.78 Å². The number of rotatable bonds is 7. The molecule has 0 radical (unpaired) electrons. The van der Waals surface area contributed by atoms with Gasteiger partial charge in [-0.1, -0.05) is 30.3 Å². The van der Waals surface area contributed by atoms with Crippen LogP contribution >= 0.6 is 0 Å². The van der Waals surface area contributed by atoms with Crippen LogP contribution in [0.3, 0.4) is 0 Å². The van der Waals surface area contributed by atoms with E-state index in [1.54, 1.807) is 37.4 Å². The van der Waals surface area contributed by atoms with Crippen molar-refractivity contribution in [2.75, 3.05) is 13.6 Å². The van der Waals surface area contributed by atoms with Crippen LogP contribution in [0.5, 0.6) is 0 Å². The van der Waals surface area contributed by atoms with E-state index in [0.29, 0.717) is 24.6 Å². The quantitative estimate of drug-likeness (QED) is 0.484. The lowest BCUT2D eigenvalue weighted by Gasteiger charge is -2.20. The van der Waals surface area contributed by atoms with Gasteiger partial charge in [-0.3, -0.25) is 0 Å². The van der Waals surface area contributed by atoms with E-state index in [0.717, 1.165) is 12.1 Å². The number of benzene rings is 2. The largest absolute Gasteiger partial charge is 0.416 e. The minimum atomic E-state index is -4.68. The van der Waals surface area contributed by atoms with Gasteiger partial charge in [-0.2, -0.15) is 13.2 Å². The second-order valence-electron chi connectivity index (χ2n) is 5.93. The van der Waals surface area contributed by atoms with E-state index in [2.05, 4.69) is 5.32 Å². The Morgan fingerprint density at radius 1 is 0.800 bits per heavy atom. The lowest BCUT2D eigenvalue weighted by atomic mass is 9.94. The fourth-order valence-corrected chi connectivity index (χ4v) is 2.59. The van der Waals surface area contributed by atoms with Crippen molar-refractivity contribution >= 4 is 0 Å². The Morgan fingerprint density at radius 3 is 2.04 bits per heavy atom. The molecule has 2 rings (SSSR count). The number of hydrogen-bond donors (Lipinski definition) is 1. The number of alkyl halides is 5. The molecule has 0 aliphatic rings. The summed E-state index contributed by atoms with van der Waals surface area (Å²) in [4.78, 5) is 0. The average molecular weight is 357 g/mol. The molecule has 0 unspecified atom stereocenters. The van der Waals surface area contributed by atoms with Crippen LogP contribution in [0.25, 0.3) is 11.1 Å². The first kappa shape index (κ1) is 19.4. The zero-order chi connectivity index (χ0) is 18.5. The van der Waals surface area contributed by atoms with Gasteiger partial charge in [-0.05, 0) is 55.8 Å². The van der Waals surface area contributed by atoms with Crippen molar-refractivity contribution in [3.05, 3.63) is 59.7 Å². The highest BCUT2D eigenvalue weighted by Gasteiger charge is 2.36. The molecule has 0 saturated carbocycles. The summed E-state index contributed by atoms with van der Waals surface area (Å²) < 4.78 is 68.4. The molecule has 2 aromatic rings. The van der Waals surface area contributed by atoms with E-state index in [-0.39, 0.29) is 12.0 Å². The molecule has 0 fully saturated rings. The van der Waals surface area contributed by atoms with Crippen molar-refractivity contribution < 1.29 is 22.0 Å². The third-order valence-corrected chi connectivity index (χ3v) is 3.96. The van der Waals surface area contributed by atoms with Crippen LogP contribution in [-0.4, -0.2) is 13.6 Å². The summed E-state index contributed by atoms with van der Waals surface area (Å²) in [7, 11) is 1.72. The minimum Gasteiger partial charge on any atom is -0.320 e. The second-order valence-corrected chi connectivity index (χ2v) is 5.93. The normalized spacial score (nSPS) is 12.4. The monoisotopic (exact) mass is 357 g/mol. The third-order valence-electron chi connectivity index (χ3n) is 3.96. The molecule has 0 aliphatic carbocycles. The van der Waals surface area contributed by atoms with Gasteiger partial charge in [0.1, 0.15) is 0 Å².